The molecule has 0 aliphatic heterocycles. The maximum absolute atomic E-state index is 4.56. The number of aliphatic imine (C=N–C) groups is 1. The Hall–Kier alpha value is -2.15. The highest BCUT2D eigenvalue weighted by molar-refractivity contribution is 7.09. The molecule has 0 bridgehead atoms. The molecule has 0 atom stereocenters. The van der Waals surface area contributed by atoms with Crippen molar-refractivity contribution in [2.24, 2.45) is 4.99 Å². The van der Waals surface area contributed by atoms with Crippen LogP contribution >= 0.6 is 11.3 Å². The Kier molecular flexibility index (Phi) is 7.18. The third kappa shape index (κ3) is 5.42. The van der Waals surface area contributed by atoms with Crippen LogP contribution in [0.2, 0.25) is 0 Å². The lowest BCUT2D eigenvalue weighted by Crippen LogP contribution is -2.38. The molecule has 0 radical (unpaired) electrons. The van der Waals surface area contributed by atoms with Crippen molar-refractivity contribution in [1.29, 1.82) is 0 Å². The summed E-state index contributed by atoms with van der Waals surface area (Å²) in [5, 5.41) is 6.57. The van der Waals surface area contributed by atoms with Crippen LogP contribution in [0.25, 0.3) is 0 Å². The van der Waals surface area contributed by atoms with Crippen LogP contribution in [0.4, 0.5) is 5.82 Å². The number of pyridine rings is 1. The van der Waals surface area contributed by atoms with Gasteiger partial charge in [-0.1, -0.05) is 6.07 Å². The summed E-state index contributed by atoms with van der Waals surface area (Å²) < 4.78 is 0. The molecule has 0 aromatic carbocycles. The zero-order chi connectivity index (χ0) is 18.2. The zero-order valence-electron chi connectivity index (χ0n) is 15.8. The van der Waals surface area contributed by atoms with Crippen molar-refractivity contribution in [2.45, 2.75) is 33.9 Å². The summed E-state index contributed by atoms with van der Waals surface area (Å²) in [6, 6.07) is 4.19. The number of hydrogen-bond acceptors (Lipinski definition) is 5. The molecule has 2 rings (SSSR count). The molecule has 0 saturated carbocycles. The Morgan fingerprint density at radius 2 is 2.04 bits per heavy atom. The number of anilines is 1. The average Bonchev–Trinajstić information content (AvgIpc) is 3.02. The molecular formula is C18H28N6S. The normalized spacial score (nSPS) is 11.5. The number of nitrogens with zero attached hydrogens (tertiary/aromatic N) is 5. The van der Waals surface area contributed by atoms with Gasteiger partial charge in [0.15, 0.2) is 5.96 Å². The van der Waals surface area contributed by atoms with Crippen molar-refractivity contribution in [1.82, 2.24) is 20.2 Å². The van der Waals surface area contributed by atoms with Crippen LogP contribution in [-0.4, -0.2) is 48.0 Å². The van der Waals surface area contributed by atoms with Gasteiger partial charge in [-0.25, -0.2) is 9.97 Å². The molecule has 7 heteroatoms. The second-order valence-electron chi connectivity index (χ2n) is 5.81. The second kappa shape index (κ2) is 9.36. The second-order valence-corrected chi connectivity index (χ2v) is 6.87. The lowest BCUT2D eigenvalue weighted by atomic mass is 10.2. The van der Waals surface area contributed by atoms with Gasteiger partial charge in [0.05, 0.1) is 17.2 Å². The number of thiazole rings is 1. The van der Waals surface area contributed by atoms with Gasteiger partial charge in [-0.15, -0.1) is 11.3 Å². The molecule has 136 valence electrons. The minimum absolute atomic E-state index is 0.693. The number of aryl methyl sites for hydroxylation is 1. The van der Waals surface area contributed by atoms with E-state index in [4.69, 9.17) is 0 Å². The predicted octanol–water partition coefficient (Wildman–Crippen LogP) is 2.90. The van der Waals surface area contributed by atoms with Crippen molar-refractivity contribution in [2.75, 3.05) is 32.1 Å². The minimum Gasteiger partial charge on any atom is -0.357 e. The summed E-state index contributed by atoms with van der Waals surface area (Å²) >= 11 is 1.67. The summed E-state index contributed by atoms with van der Waals surface area (Å²) in [5.41, 5.74) is 2.20. The molecule has 1 N–H and O–H groups in total. The van der Waals surface area contributed by atoms with Gasteiger partial charge in [-0.3, -0.25) is 4.99 Å². The first-order valence-electron chi connectivity index (χ1n) is 8.60. The van der Waals surface area contributed by atoms with Gasteiger partial charge in [-0.2, -0.15) is 0 Å². The van der Waals surface area contributed by atoms with E-state index in [1.807, 2.05) is 20.2 Å². The summed E-state index contributed by atoms with van der Waals surface area (Å²) in [6.45, 7) is 9.68. The first-order valence-corrected chi connectivity index (χ1v) is 9.48. The SMILES string of the molecule is CCN(CC)c1ccc(CNC(=NC)N(C)Cc2csc(C)n2)cn1. The molecule has 6 nitrogen and oxygen atoms in total. The van der Waals surface area contributed by atoms with Crippen LogP contribution in [0.5, 0.6) is 0 Å². The Bertz CT molecular complexity index is 675. The summed E-state index contributed by atoms with van der Waals surface area (Å²) in [7, 11) is 3.82. The van der Waals surface area contributed by atoms with E-state index in [1.165, 1.54) is 0 Å². The van der Waals surface area contributed by atoms with Crippen molar-refractivity contribution in [3.8, 4) is 0 Å². The van der Waals surface area contributed by atoms with Gasteiger partial charge in [0.1, 0.15) is 5.82 Å². The monoisotopic (exact) mass is 360 g/mol. The van der Waals surface area contributed by atoms with E-state index in [0.29, 0.717) is 6.54 Å². The van der Waals surface area contributed by atoms with Crippen molar-refractivity contribution in [3.05, 3.63) is 40.0 Å². The maximum Gasteiger partial charge on any atom is 0.194 e. The summed E-state index contributed by atoms with van der Waals surface area (Å²) in [4.78, 5) is 17.7. The molecule has 2 aromatic rings. The molecule has 0 spiro atoms. The van der Waals surface area contributed by atoms with E-state index >= 15 is 0 Å². The van der Waals surface area contributed by atoms with Crippen molar-refractivity contribution >= 4 is 23.1 Å². The molecule has 0 unspecified atom stereocenters. The van der Waals surface area contributed by atoms with E-state index in [0.717, 1.165) is 47.7 Å². The molecule has 0 amide bonds. The number of nitrogens with one attached hydrogen (secondary N) is 1. The lowest BCUT2D eigenvalue weighted by molar-refractivity contribution is 0.470. The van der Waals surface area contributed by atoms with E-state index in [-0.39, 0.29) is 0 Å². The first-order chi connectivity index (χ1) is 12.1. The van der Waals surface area contributed by atoms with Gasteiger partial charge in [0, 0.05) is 45.3 Å². The van der Waals surface area contributed by atoms with Crippen LogP contribution in [0, 0.1) is 6.92 Å². The minimum atomic E-state index is 0.693. The fourth-order valence-corrected chi connectivity index (χ4v) is 3.22. The fraction of sp³-hybridized carbons (Fsp3) is 0.500. The van der Waals surface area contributed by atoms with Crippen LogP contribution in [0.15, 0.2) is 28.7 Å². The van der Waals surface area contributed by atoms with Gasteiger partial charge in [0.2, 0.25) is 0 Å². The number of aromatic nitrogens is 2. The van der Waals surface area contributed by atoms with Crippen LogP contribution in [0.3, 0.4) is 0 Å². The molecule has 0 saturated heterocycles. The molecule has 2 heterocycles. The van der Waals surface area contributed by atoms with Gasteiger partial charge in [-0.05, 0) is 32.4 Å². The van der Waals surface area contributed by atoms with E-state index in [1.54, 1.807) is 18.4 Å². The molecule has 2 aromatic heterocycles. The van der Waals surface area contributed by atoms with E-state index < -0.39 is 0 Å². The van der Waals surface area contributed by atoms with E-state index in [2.05, 4.69) is 61.4 Å². The van der Waals surface area contributed by atoms with Crippen molar-refractivity contribution < 1.29 is 0 Å². The van der Waals surface area contributed by atoms with Crippen molar-refractivity contribution in [3.63, 3.8) is 0 Å². The lowest BCUT2D eigenvalue weighted by Gasteiger charge is -2.22. The van der Waals surface area contributed by atoms with Crippen LogP contribution in [0.1, 0.15) is 30.1 Å². The Labute approximate surface area is 154 Å². The maximum atomic E-state index is 4.56. The Balaban J connectivity index is 1.91. The molecular weight excluding hydrogens is 332 g/mol. The number of guanidine groups is 1. The smallest absolute Gasteiger partial charge is 0.194 e. The summed E-state index contributed by atoms with van der Waals surface area (Å²) in [6.07, 6.45) is 1.93. The molecule has 25 heavy (non-hydrogen) atoms. The zero-order valence-corrected chi connectivity index (χ0v) is 16.6. The number of rotatable bonds is 7. The highest BCUT2D eigenvalue weighted by Gasteiger charge is 2.09. The quantitative estimate of drug-likeness (QED) is 0.608. The van der Waals surface area contributed by atoms with Crippen LogP contribution in [-0.2, 0) is 13.1 Å². The fourth-order valence-electron chi connectivity index (χ4n) is 2.62. The predicted molar refractivity (Wildman–Crippen MR) is 106 cm³/mol. The number of hydrogen-bond donors (Lipinski definition) is 1. The summed E-state index contributed by atoms with van der Waals surface area (Å²) in [5.74, 6) is 1.87. The average molecular weight is 361 g/mol. The highest BCUT2D eigenvalue weighted by Crippen LogP contribution is 2.12. The topological polar surface area (TPSA) is 56.6 Å². The van der Waals surface area contributed by atoms with E-state index in [9.17, 15) is 0 Å². The first kappa shape index (κ1) is 19.2. The molecule has 0 aliphatic rings. The Morgan fingerprint density at radius 1 is 1.28 bits per heavy atom. The van der Waals surface area contributed by atoms with Crippen LogP contribution < -0.4 is 10.2 Å². The molecule has 0 aliphatic carbocycles. The molecule has 0 fully saturated rings. The van der Waals surface area contributed by atoms with Gasteiger partial charge < -0.3 is 15.1 Å². The van der Waals surface area contributed by atoms with Gasteiger partial charge in [0.25, 0.3) is 0 Å². The largest absolute Gasteiger partial charge is 0.357 e. The van der Waals surface area contributed by atoms with Gasteiger partial charge >= 0.3 is 0 Å². The third-order valence-electron chi connectivity index (χ3n) is 3.99. The standard InChI is InChI=1S/C18H28N6S/c1-6-24(7-2)17-9-8-15(10-20-17)11-21-18(19-4)23(5)12-16-13-25-14(3)22-16/h8-10,13H,6-7,11-12H2,1-5H3,(H,19,21). The Morgan fingerprint density at radius 3 is 2.56 bits per heavy atom. The third-order valence-corrected chi connectivity index (χ3v) is 4.81. The highest BCUT2D eigenvalue weighted by atomic mass is 32.1.